The molecule has 0 amide bonds. The van der Waals surface area contributed by atoms with E-state index in [1.54, 1.807) is 0 Å². The number of hydrogen-bond acceptors (Lipinski definition) is 1. The fourth-order valence-electron chi connectivity index (χ4n) is 2.88. The quantitative estimate of drug-likeness (QED) is 0.560. The van der Waals surface area contributed by atoms with Gasteiger partial charge in [-0.25, -0.2) is 0 Å². The predicted octanol–water partition coefficient (Wildman–Crippen LogP) is 5.43. The largest absolute Gasteiger partial charge is 0.316 e. The van der Waals surface area contributed by atoms with E-state index in [-0.39, 0.29) is 0 Å². The van der Waals surface area contributed by atoms with Gasteiger partial charge in [-0.2, -0.15) is 0 Å². The molecule has 114 valence electrons. The number of hydrogen-bond donors (Lipinski definition) is 1. The minimum absolute atomic E-state index is 0.738. The summed E-state index contributed by atoms with van der Waals surface area (Å²) in [6.45, 7) is 9.19. The van der Waals surface area contributed by atoms with Gasteiger partial charge >= 0.3 is 0 Å². The van der Waals surface area contributed by atoms with Crippen molar-refractivity contribution in [1.82, 2.24) is 5.32 Å². The summed E-state index contributed by atoms with van der Waals surface area (Å²) in [5.74, 6) is 1.57. The lowest BCUT2D eigenvalue weighted by Crippen LogP contribution is -2.26. The molecule has 1 N–H and O–H groups in total. The summed E-state index contributed by atoms with van der Waals surface area (Å²) < 4.78 is 1.25. The van der Waals surface area contributed by atoms with Crippen LogP contribution < -0.4 is 5.32 Å². The molecular weight excluding hydrogens is 310 g/mol. The molecule has 0 heterocycles. The van der Waals surface area contributed by atoms with E-state index in [4.69, 9.17) is 0 Å². The zero-order chi connectivity index (χ0) is 14.8. The van der Waals surface area contributed by atoms with Crippen molar-refractivity contribution in [2.24, 2.45) is 11.8 Å². The van der Waals surface area contributed by atoms with Gasteiger partial charge in [0.2, 0.25) is 0 Å². The van der Waals surface area contributed by atoms with Crippen LogP contribution in [-0.4, -0.2) is 13.1 Å². The van der Waals surface area contributed by atoms with E-state index in [2.05, 4.69) is 66.3 Å². The summed E-state index contributed by atoms with van der Waals surface area (Å²) >= 11 is 3.68. The highest BCUT2D eigenvalue weighted by atomic mass is 79.9. The van der Waals surface area contributed by atoms with Gasteiger partial charge < -0.3 is 5.32 Å². The van der Waals surface area contributed by atoms with Gasteiger partial charge in [0, 0.05) is 4.47 Å². The van der Waals surface area contributed by atoms with Crippen molar-refractivity contribution in [2.75, 3.05) is 13.1 Å². The lowest BCUT2D eigenvalue weighted by atomic mass is 9.88. The van der Waals surface area contributed by atoms with Crippen LogP contribution in [0.4, 0.5) is 0 Å². The van der Waals surface area contributed by atoms with Crippen molar-refractivity contribution in [2.45, 2.75) is 52.9 Å². The van der Waals surface area contributed by atoms with E-state index in [1.807, 2.05) is 0 Å². The first-order valence-electron chi connectivity index (χ1n) is 8.11. The molecule has 0 spiro atoms. The smallest absolute Gasteiger partial charge is 0.0207 e. The Labute approximate surface area is 133 Å². The Balaban J connectivity index is 2.59. The van der Waals surface area contributed by atoms with Gasteiger partial charge in [0.05, 0.1) is 0 Å². The van der Waals surface area contributed by atoms with Gasteiger partial charge in [0.1, 0.15) is 0 Å². The average molecular weight is 340 g/mol. The van der Waals surface area contributed by atoms with Crippen LogP contribution in [0, 0.1) is 11.8 Å². The van der Waals surface area contributed by atoms with Gasteiger partial charge in [0.25, 0.3) is 0 Å². The van der Waals surface area contributed by atoms with Crippen LogP contribution in [0.25, 0.3) is 0 Å². The highest BCUT2D eigenvalue weighted by Gasteiger charge is 2.14. The van der Waals surface area contributed by atoms with E-state index in [0.29, 0.717) is 0 Å². The Bertz CT molecular complexity index is 364. The van der Waals surface area contributed by atoms with Gasteiger partial charge in [-0.1, -0.05) is 67.7 Å². The minimum Gasteiger partial charge on any atom is -0.316 e. The van der Waals surface area contributed by atoms with Crippen LogP contribution in [0.3, 0.4) is 0 Å². The van der Waals surface area contributed by atoms with Crippen molar-refractivity contribution in [1.29, 1.82) is 0 Å². The Morgan fingerprint density at radius 1 is 1.15 bits per heavy atom. The molecule has 0 aliphatic carbocycles. The monoisotopic (exact) mass is 339 g/mol. The summed E-state index contributed by atoms with van der Waals surface area (Å²) in [7, 11) is 0. The number of halogens is 1. The summed E-state index contributed by atoms with van der Waals surface area (Å²) in [6.07, 6.45) is 6.36. The average Bonchev–Trinajstić information content (AvgIpc) is 2.41. The normalized spacial score (nSPS) is 14.2. The molecule has 0 aromatic heterocycles. The Morgan fingerprint density at radius 2 is 1.90 bits per heavy atom. The van der Waals surface area contributed by atoms with Crippen molar-refractivity contribution in [3.63, 3.8) is 0 Å². The Kier molecular flexibility index (Phi) is 9.21. The molecule has 1 aromatic carbocycles. The first-order valence-corrected chi connectivity index (χ1v) is 8.90. The summed E-state index contributed by atoms with van der Waals surface area (Å²) in [5.41, 5.74) is 1.44. The molecule has 0 aliphatic heterocycles. The first-order chi connectivity index (χ1) is 9.67. The van der Waals surface area contributed by atoms with Gasteiger partial charge in [0.15, 0.2) is 0 Å². The van der Waals surface area contributed by atoms with Crippen LogP contribution in [-0.2, 0) is 6.42 Å². The molecule has 1 aromatic rings. The van der Waals surface area contributed by atoms with E-state index in [9.17, 15) is 0 Å². The standard InChI is InChI=1S/C18H30BrN/c1-4-8-15(3)12-16(14-20-11-5-2)13-17-9-6-7-10-18(17)19/h6-7,9-10,15-16,20H,4-5,8,11-14H2,1-3H3. The van der Waals surface area contributed by atoms with Gasteiger partial charge in [-0.3, -0.25) is 0 Å². The third-order valence-electron chi connectivity index (χ3n) is 3.84. The topological polar surface area (TPSA) is 12.0 Å². The van der Waals surface area contributed by atoms with Crippen molar-refractivity contribution < 1.29 is 0 Å². The van der Waals surface area contributed by atoms with Crippen LogP contribution in [0.5, 0.6) is 0 Å². The van der Waals surface area contributed by atoms with Crippen LogP contribution >= 0.6 is 15.9 Å². The number of benzene rings is 1. The fourth-order valence-corrected chi connectivity index (χ4v) is 3.32. The highest BCUT2D eigenvalue weighted by molar-refractivity contribution is 9.10. The molecule has 2 atom stereocenters. The summed E-state index contributed by atoms with van der Waals surface area (Å²) in [5, 5.41) is 3.61. The molecule has 0 saturated carbocycles. The molecule has 1 nitrogen and oxygen atoms in total. The van der Waals surface area contributed by atoms with Crippen LogP contribution in [0.2, 0.25) is 0 Å². The van der Waals surface area contributed by atoms with E-state index >= 15 is 0 Å². The summed E-state index contributed by atoms with van der Waals surface area (Å²) in [4.78, 5) is 0. The molecule has 2 heteroatoms. The first kappa shape index (κ1) is 17.7. The third kappa shape index (κ3) is 6.90. The molecule has 20 heavy (non-hydrogen) atoms. The van der Waals surface area contributed by atoms with E-state index in [0.717, 1.165) is 24.9 Å². The van der Waals surface area contributed by atoms with Gasteiger partial charge in [-0.05, 0) is 55.8 Å². The molecule has 0 radical (unpaired) electrons. The molecule has 1 rings (SSSR count). The molecular formula is C18H30BrN. The zero-order valence-corrected chi connectivity index (χ0v) is 14.9. The molecule has 0 fully saturated rings. The van der Waals surface area contributed by atoms with Crippen molar-refractivity contribution in [3.05, 3.63) is 34.3 Å². The second-order valence-electron chi connectivity index (χ2n) is 6.00. The Morgan fingerprint density at radius 3 is 2.55 bits per heavy atom. The molecule has 2 unspecified atom stereocenters. The number of rotatable bonds is 10. The SMILES string of the molecule is CCCNCC(Cc1ccccc1Br)CC(C)CCC. The summed E-state index contributed by atoms with van der Waals surface area (Å²) in [6, 6.07) is 8.65. The minimum atomic E-state index is 0.738. The van der Waals surface area contributed by atoms with Crippen LogP contribution in [0.1, 0.15) is 52.0 Å². The molecule has 0 bridgehead atoms. The molecule has 0 aliphatic rings. The maximum Gasteiger partial charge on any atom is 0.0207 e. The second kappa shape index (κ2) is 10.4. The highest BCUT2D eigenvalue weighted by Crippen LogP contribution is 2.24. The second-order valence-corrected chi connectivity index (χ2v) is 6.85. The van der Waals surface area contributed by atoms with Crippen molar-refractivity contribution >= 4 is 15.9 Å². The van der Waals surface area contributed by atoms with E-state index in [1.165, 1.54) is 42.1 Å². The van der Waals surface area contributed by atoms with E-state index < -0.39 is 0 Å². The molecule has 0 saturated heterocycles. The third-order valence-corrected chi connectivity index (χ3v) is 4.62. The maximum absolute atomic E-state index is 3.68. The van der Waals surface area contributed by atoms with Crippen molar-refractivity contribution in [3.8, 4) is 0 Å². The number of nitrogens with one attached hydrogen (secondary N) is 1. The maximum atomic E-state index is 3.68. The fraction of sp³-hybridized carbons (Fsp3) is 0.667. The van der Waals surface area contributed by atoms with Crippen LogP contribution in [0.15, 0.2) is 28.7 Å². The Hall–Kier alpha value is -0.340. The van der Waals surface area contributed by atoms with Gasteiger partial charge in [-0.15, -0.1) is 0 Å². The lowest BCUT2D eigenvalue weighted by Gasteiger charge is -2.22. The predicted molar refractivity (Wildman–Crippen MR) is 93.2 cm³/mol. The zero-order valence-electron chi connectivity index (χ0n) is 13.3. The lowest BCUT2D eigenvalue weighted by molar-refractivity contribution is 0.354.